The zero-order valence-electron chi connectivity index (χ0n) is 18.9. The summed E-state index contributed by atoms with van der Waals surface area (Å²) in [6.45, 7) is 0.875. The number of halogens is 1. The number of rotatable bonds is 8. The van der Waals surface area contributed by atoms with E-state index >= 15 is 0 Å². The number of nitrogens with two attached hydrogens (primary N) is 1. The Hall–Kier alpha value is -2.17. The van der Waals surface area contributed by atoms with Gasteiger partial charge in [-0.1, -0.05) is 37.1 Å². The summed E-state index contributed by atoms with van der Waals surface area (Å²) in [5, 5.41) is 10.3. The highest BCUT2D eigenvalue weighted by Crippen LogP contribution is 2.29. The van der Waals surface area contributed by atoms with Crippen molar-refractivity contribution in [2.45, 2.75) is 63.6 Å². The molecule has 0 aromatic heterocycles. The topological polar surface area (TPSA) is 145 Å². The molecule has 0 bridgehead atoms. The molecule has 33 heavy (non-hydrogen) atoms. The number of carbonyl (C=O) groups is 2. The lowest BCUT2D eigenvalue weighted by Crippen LogP contribution is -2.48. The van der Waals surface area contributed by atoms with E-state index in [9.17, 15) is 18.0 Å². The number of hydrogen-bond donors (Lipinski definition) is 4. The Morgan fingerprint density at radius 2 is 1.79 bits per heavy atom. The fourth-order valence-electron chi connectivity index (χ4n) is 4.67. The van der Waals surface area contributed by atoms with Crippen LogP contribution in [0, 0.1) is 11.3 Å². The molecule has 2 fully saturated rings. The van der Waals surface area contributed by atoms with E-state index in [-0.39, 0.29) is 48.4 Å². The Kier molecular flexibility index (Phi) is 9.69. The lowest BCUT2D eigenvalue weighted by Gasteiger charge is -2.33. The SMILES string of the molecule is CS(=O)(=O)NC1CCCC[C@@H]1CC(=O)N1CCC[C@H]1C(=O)NCc1ccc(C(=N)N)cc1.Cl. The van der Waals surface area contributed by atoms with Gasteiger partial charge in [-0.3, -0.25) is 15.0 Å². The van der Waals surface area contributed by atoms with E-state index in [1.54, 1.807) is 17.0 Å². The van der Waals surface area contributed by atoms with Crippen molar-refractivity contribution < 1.29 is 18.0 Å². The first kappa shape index (κ1) is 27.1. The predicted octanol–water partition coefficient (Wildman–Crippen LogP) is 1.50. The molecule has 1 aromatic carbocycles. The van der Waals surface area contributed by atoms with Gasteiger partial charge in [0.15, 0.2) is 0 Å². The molecule has 1 aliphatic heterocycles. The maximum atomic E-state index is 13.1. The molecule has 0 radical (unpaired) electrons. The Balaban J connectivity index is 0.00000385. The maximum absolute atomic E-state index is 13.1. The van der Waals surface area contributed by atoms with Crippen molar-refractivity contribution in [1.29, 1.82) is 5.41 Å². The fourth-order valence-corrected chi connectivity index (χ4v) is 5.53. The van der Waals surface area contributed by atoms with Crippen LogP contribution in [0.2, 0.25) is 0 Å². The van der Waals surface area contributed by atoms with Crippen LogP contribution in [0.3, 0.4) is 0 Å². The number of hydrogen-bond acceptors (Lipinski definition) is 5. The Bertz CT molecular complexity index is 954. The molecule has 2 aliphatic rings. The summed E-state index contributed by atoms with van der Waals surface area (Å²) in [4.78, 5) is 27.5. The van der Waals surface area contributed by atoms with Crippen molar-refractivity contribution >= 4 is 40.1 Å². The number of carbonyl (C=O) groups excluding carboxylic acids is 2. The molecule has 9 nitrogen and oxygen atoms in total. The molecule has 0 spiro atoms. The third-order valence-electron chi connectivity index (χ3n) is 6.32. The van der Waals surface area contributed by atoms with Crippen LogP contribution in [0.25, 0.3) is 0 Å². The quantitative estimate of drug-likeness (QED) is 0.316. The van der Waals surface area contributed by atoms with Gasteiger partial charge in [0.2, 0.25) is 21.8 Å². The van der Waals surface area contributed by atoms with Crippen LogP contribution in [-0.2, 0) is 26.2 Å². The summed E-state index contributed by atoms with van der Waals surface area (Å²) in [7, 11) is -3.33. The average molecular weight is 500 g/mol. The first-order chi connectivity index (χ1) is 15.1. The molecule has 2 amide bonds. The third-order valence-corrected chi connectivity index (χ3v) is 7.05. The molecule has 1 unspecified atom stereocenters. The van der Waals surface area contributed by atoms with E-state index in [0.29, 0.717) is 25.1 Å². The smallest absolute Gasteiger partial charge is 0.243 e. The van der Waals surface area contributed by atoms with Crippen LogP contribution in [0.4, 0.5) is 0 Å². The van der Waals surface area contributed by atoms with Gasteiger partial charge in [-0.15, -0.1) is 12.4 Å². The van der Waals surface area contributed by atoms with E-state index in [0.717, 1.165) is 43.9 Å². The van der Waals surface area contributed by atoms with E-state index in [4.69, 9.17) is 11.1 Å². The number of amides is 2. The van der Waals surface area contributed by atoms with Crippen molar-refractivity contribution in [3.63, 3.8) is 0 Å². The number of sulfonamides is 1. The average Bonchev–Trinajstić information content (AvgIpc) is 3.23. The molecule has 1 heterocycles. The largest absolute Gasteiger partial charge is 0.384 e. The van der Waals surface area contributed by atoms with Gasteiger partial charge in [-0.05, 0) is 37.2 Å². The minimum atomic E-state index is -3.33. The summed E-state index contributed by atoms with van der Waals surface area (Å²) in [6.07, 6.45) is 6.26. The van der Waals surface area contributed by atoms with E-state index in [2.05, 4.69) is 10.0 Å². The molecule has 3 rings (SSSR count). The summed E-state index contributed by atoms with van der Waals surface area (Å²) in [5.41, 5.74) is 6.97. The fraction of sp³-hybridized carbons (Fsp3) is 0.591. The second-order valence-corrected chi connectivity index (χ2v) is 10.6. The van der Waals surface area contributed by atoms with Crippen molar-refractivity contribution in [1.82, 2.24) is 14.9 Å². The highest BCUT2D eigenvalue weighted by molar-refractivity contribution is 7.88. The van der Waals surface area contributed by atoms with Gasteiger partial charge in [0.25, 0.3) is 0 Å². The molecule has 1 saturated heterocycles. The van der Waals surface area contributed by atoms with E-state index in [1.165, 1.54) is 0 Å². The Labute approximate surface area is 201 Å². The van der Waals surface area contributed by atoms with Crippen molar-refractivity contribution in [3.8, 4) is 0 Å². The first-order valence-electron chi connectivity index (χ1n) is 11.1. The zero-order valence-corrected chi connectivity index (χ0v) is 20.5. The van der Waals surface area contributed by atoms with Crippen molar-refractivity contribution in [2.75, 3.05) is 12.8 Å². The second kappa shape index (κ2) is 11.8. The molecule has 1 aliphatic carbocycles. The number of benzene rings is 1. The molecular weight excluding hydrogens is 466 g/mol. The van der Waals surface area contributed by atoms with Gasteiger partial charge in [0.1, 0.15) is 11.9 Å². The second-order valence-electron chi connectivity index (χ2n) is 8.82. The van der Waals surface area contributed by atoms with Gasteiger partial charge < -0.3 is 16.0 Å². The van der Waals surface area contributed by atoms with Crippen LogP contribution in [0.15, 0.2) is 24.3 Å². The first-order valence-corrected chi connectivity index (χ1v) is 13.0. The molecular formula is C22H34ClN5O4S. The lowest BCUT2D eigenvalue weighted by atomic mass is 9.82. The van der Waals surface area contributed by atoms with Crippen LogP contribution < -0.4 is 15.8 Å². The highest BCUT2D eigenvalue weighted by Gasteiger charge is 2.36. The Morgan fingerprint density at radius 1 is 1.12 bits per heavy atom. The number of amidine groups is 1. The van der Waals surface area contributed by atoms with Crippen LogP contribution >= 0.6 is 12.4 Å². The van der Waals surface area contributed by atoms with E-state index < -0.39 is 16.1 Å². The number of likely N-dealkylation sites (tertiary alicyclic amines) is 1. The molecule has 11 heteroatoms. The highest BCUT2D eigenvalue weighted by atomic mass is 35.5. The van der Waals surface area contributed by atoms with Gasteiger partial charge in [0, 0.05) is 31.1 Å². The van der Waals surface area contributed by atoms with Crippen LogP contribution in [0.1, 0.15) is 56.1 Å². The number of nitrogen functional groups attached to an aromatic ring is 1. The molecule has 1 aromatic rings. The summed E-state index contributed by atoms with van der Waals surface area (Å²) < 4.78 is 26.1. The predicted molar refractivity (Wildman–Crippen MR) is 130 cm³/mol. The molecule has 1 saturated carbocycles. The standard InChI is InChI=1S/C22H33N5O4S.ClH/c1-32(30,31)26-18-6-3-2-5-17(18)13-20(28)27-12-4-7-19(27)22(29)25-14-15-8-10-16(11-9-15)21(23)24;/h8-11,17-19,26H,2-7,12-14H2,1H3,(H3,23,24)(H,25,29);1H/t17-,18?,19+;/m1./s1. The summed E-state index contributed by atoms with van der Waals surface area (Å²) in [5.74, 6) is -0.315. The van der Waals surface area contributed by atoms with Crippen molar-refractivity contribution in [3.05, 3.63) is 35.4 Å². The Morgan fingerprint density at radius 3 is 2.42 bits per heavy atom. The minimum Gasteiger partial charge on any atom is -0.384 e. The molecule has 5 N–H and O–H groups in total. The van der Waals surface area contributed by atoms with Crippen molar-refractivity contribution in [2.24, 2.45) is 11.7 Å². The van der Waals surface area contributed by atoms with Gasteiger partial charge >= 0.3 is 0 Å². The van der Waals surface area contributed by atoms with Crippen LogP contribution in [-0.4, -0.2) is 55.9 Å². The van der Waals surface area contributed by atoms with Gasteiger partial charge in [-0.2, -0.15) is 0 Å². The van der Waals surface area contributed by atoms with Crippen LogP contribution in [0.5, 0.6) is 0 Å². The monoisotopic (exact) mass is 499 g/mol. The molecule has 184 valence electrons. The number of nitrogens with zero attached hydrogens (tertiary/aromatic N) is 1. The molecule has 3 atom stereocenters. The van der Waals surface area contributed by atoms with Gasteiger partial charge in [0.05, 0.1) is 6.26 Å². The zero-order chi connectivity index (χ0) is 23.3. The lowest BCUT2D eigenvalue weighted by molar-refractivity contribution is -0.139. The van der Waals surface area contributed by atoms with E-state index in [1.807, 2.05) is 12.1 Å². The third kappa shape index (κ3) is 7.68. The van der Waals surface area contributed by atoms with Gasteiger partial charge in [-0.25, -0.2) is 13.1 Å². The minimum absolute atomic E-state index is 0. The number of nitrogens with one attached hydrogen (secondary N) is 3. The maximum Gasteiger partial charge on any atom is 0.243 e. The summed E-state index contributed by atoms with van der Waals surface area (Å²) in [6, 6.07) is 6.37. The summed E-state index contributed by atoms with van der Waals surface area (Å²) >= 11 is 0. The normalized spacial score (nSPS) is 22.9.